The van der Waals surface area contributed by atoms with Crippen LogP contribution in [0, 0.1) is 6.92 Å². The van der Waals surface area contributed by atoms with E-state index in [0.717, 1.165) is 6.42 Å². The average Bonchev–Trinajstić information content (AvgIpc) is 3.74. The molecule has 0 spiro atoms. The highest BCUT2D eigenvalue weighted by atomic mass is 15.3. The number of anilines is 8. The predicted molar refractivity (Wildman–Crippen MR) is 327 cm³/mol. The van der Waals surface area contributed by atoms with Crippen molar-refractivity contribution in [2.45, 2.75) is 155 Å². The van der Waals surface area contributed by atoms with Crippen LogP contribution >= 0.6 is 0 Å². The zero-order valence-electron chi connectivity index (χ0n) is 47.8. The van der Waals surface area contributed by atoms with Crippen LogP contribution in [0.5, 0.6) is 0 Å². The first-order valence-corrected chi connectivity index (χ1v) is 28.4. The van der Waals surface area contributed by atoms with Gasteiger partial charge in [-0.3, -0.25) is 0 Å². The van der Waals surface area contributed by atoms with Crippen LogP contribution < -0.4 is 31.1 Å². The molecular formula is C72H76BN3. The summed E-state index contributed by atoms with van der Waals surface area (Å²) in [5.41, 5.74) is 28.7. The molecule has 382 valence electrons. The number of hydrogen-bond donors (Lipinski definition) is 0. The van der Waals surface area contributed by atoms with Crippen LogP contribution in [0.2, 0.25) is 0 Å². The summed E-state index contributed by atoms with van der Waals surface area (Å²) in [6.45, 7) is 33.4. The van der Waals surface area contributed by atoms with Gasteiger partial charge in [0, 0.05) is 56.2 Å². The molecule has 1 saturated carbocycles. The van der Waals surface area contributed by atoms with Crippen molar-refractivity contribution >= 4 is 68.6 Å². The van der Waals surface area contributed by atoms with Gasteiger partial charge in [-0.25, -0.2) is 0 Å². The average molecular weight is 994 g/mol. The van der Waals surface area contributed by atoms with Crippen LogP contribution in [0.3, 0.4) is 0 Å². The summed E-state index contributed by atoms with van der Waals surface area (Å²) >= 11 is 0. The van der Waals surface area contributed by atoms with Crippen LogP contribution in [-0.4, -0.2) is 12.3 Å². The third-order valence-corrected chi connectivity index (χ3v) is 19.3. The second kappa shape index (κ2) is 16.4. The molecule has 0 saturated heterocycles. The lowest BCUT2D eigenvalue weighted by atomic mass is 9.33. The SMILES string of the molecule is Cc1cc2c3c(c1)N(c1ccc(C(C)(C)C)cc1-c1ccccc1)c1ccc(C(C)(C)C)cc1B3c1ccc(N3c4ccc(C(C)(C)C)cc4C4(C)CCCCC34C)cc1N2c1ccc2c(c1)-c1ccccc1C2(C)C. The molecule has 5 aliphatic rings. The van der Waals surface area contributed by atoms with E-state index in [1.54, 1.807) is 0 Å². The third kappa shape index (κ3) is 7.00. The highest BCUT2D eigenvalue weighted by Crippen LogP contribution is 2.62. The van der Waals surface area contributed by atoms with Gasteiger partial charge in [-0.05, 0) is 176 Å². The van der Waals surface area contributed by atoms with Crippen molar-refractivity contribution in [1.82, 2.24) is 0 Å². The maximum absolute atomic E-state index is 2.80. The Morgan fingerprint density at radius 2 is 1.01 bits per heavy atom. The topological polar surface area (TPSA) is 9.72 Å². The molecule has 3 heterocycles. The van der Waals surface area contributed by atoms with Crippen molar-refractivity contribution in [3.8, 4) is 22.3 Å². The first-order valence-electron chi connectivity index (χ1n) is 28.4. The van der Waals surface area contributed by atoms with Crippen molar-refractivity contribution < 1.29 is 0 Å². The van der Waals surface area contributed by atoms with Crippen molar-refractivity contribution in [2.75, 3.05) is 14.7 Å². The van der Waals surface area contributed by atoms with E-state index in [0.29, 0.717) is 0 Å². The zero-order chi connectivity index (χ0) is 53.2. The molecule has 3 aliphatic heterocycles. The fourth-order valence-corrected chi connectivity index (χ4v) is 14.8. The first-order chi connectivity index (χ1) is 36.0. The van der Waals surface area contributed by atoms with E-state index in [9.17, 15) is 0 Å². The highest BCUT2D eigenvalue weighted by molar-refractivity contribution is 7.00. The van der Waals surface area contributed by atoms with E-state index < -0.39 is 0 Å². The maximum atomic E-state index is 2.80. The molecule has 8 aromatic rings. The van der Waals surface area contributed by atoms with Gasteiger partial charge in [-0.1, -0.05) is 193 Å². The predicted octanol–water partition coefficient (Wildman–Crippen LogP) is 17.7. The zero-order valence-corrected chi connectivity index (χ0v) is 47.8. The standard InChI is InChI=1S/C72H76BN3/c1-45-38-64-66-65(39-45)75(60-33-26-47(67(2,3)4)40-53(60)46-22-16-15-17-23-46)62-35-28-49(69(8,9)10)42-59(62)73(66)58-32-30-51(76-61-34-27-48(68(5,6)7)41-57(61)71(13)36-20-21-37-72(71,76)14)44-63(58)74(64)50-29-31-56-54(43-50)52-24-18-19-25-55(52)70(56,11)12/h15-19,22-35,38-44H,20-21,36-37H2,1-14H3. The van der Waals surface area contributed by atoms with E-state index in [4.69, 9.17) is 0 Å². The lowest BCUT2D eigenvalue weighted by molar-refractivity contribution is 0.195. The van der Waals surface area contributed by atoms with E-state index in [2.05, 4.69) is 269 Å². The molecular weight excluding hydrogens is 918 g/mol. The summed E-state index contributed by atoms with van der Waals surface area (Å²) in [5.74, 6) is 0. The van der Waals surface area contributed by atoms with Crippen molar-refractivity contribution in [1.29, 1.82) is 0 Å². The Bertz CT molecular complexity index is 3710. The molecule has 13 rings (SSSR count). The molecule has 0 amide bonds. The number of fused-ring (bicyclic) bond motifs is 10. The van der Waals surface area contributed by atoms with E-state index in [1.807, 2.05) is 0 Å². The fraction of sp³-hybridized carbons (Fsp3) is 0.333. The van der Waals surface area contributed by atoms with E-state index in [-0.39, 0.29) is 39.3 Å². The van der Waals surface area contributed by atoms with Crippen molar-refractivity contribution in [2.24, 2.45) is 0 Å². The smallest absolute Gasteiger partial charge is 0.252 e. The Kier molecular flexibility index (Phi) is 10.5. The molecule has 8 aromatic carbocycles. The van der Waals surface area contributed by atoms with Crippen LogP contribution in [-0.2, 0) is 27.1 Å². The third-order valence-electron chi connectivity index (χ3n) is 19.3. The van der Waals surface area contributed by atoms with Crippen LogP contribution in [0.25, 0.3) is 22.3 Å². The lowest BCUT2D eigenvalue weighted by Crippen LogP contribution is -2.61. The fourth-order valence-electron chi connectivity index (χ4n) is 14.8. The largest absolute Gasteiger partial charge is 0.334 e. The molecule has 76 heavy (non-hydrogen) atoms. The van der Waals surface area contributed by atoms with E-state index in [1.165, 1.54) is 142 Å². The number of aryl methyl sites for hydroxylation is 1. The van der Waals surface area contributed by atoms with E-state index >= 15 is 0 Å². The summed E-state index contributed by atoms with van der Waals surface area (Å²) in [6.07, 6.45) is 4.84. The Hall–Kier alpha value is -6.78. The molecule has 2 unspecified atom stereocenters. The molecule has 0 aromatic heterocycles. The first kappa shape index (κ1) is 48.8. The highest BCUT2D eigenvalue weighted by Gasteiger charge is 2.58. The van der Waals surface area contributed by atoms with Crippen LogP contribution in [0.15, 0.2) is 158 Å². The molecule has 0 radical (unpaired) electrons. The molecule has 0 bridgehead atoms. The maximum Gasteiger partial charge on any atom is 0.252 e. The summed E-state index contributed by atoms with van der Waals surface area (Å²) in [6, 6.07) is 62.4. The minimum absolute atomic E-state index is 0.00897. The summed E-state index contributed by atoms with van der Waals surface area (Å²) in [7, 11) is 0. The van der Waals surface area contributed by atoms with Gasteiger partial charge >= 0.3 is 0 Å². The number of rotatable bonds is 4. The van der Waals surface area contributed by atoms with Gasteiger partial charge in [0.05, 0.1) is 11.2 Å². The van der Waals surface area contributed by atoms with Gasteiger partial charge in [0.15, 0.2) is 0 Å². The van der Waals surface area contributed by atoms with Gasteiger partial charge in [0.1, 0.15) is 0 Å². The van der Waals surface area contributed by atoms with Crippen LogP contribution in [0.4, 0.5) is 45.5 Å². The Morgan fingerprint density at radius 3 is 1.72 bits per heavy atom. The van der Waals surface area contributed by atoms with Gasteiger partial charge in [0.2, 0.25) is 0 Å². The molecule has 0 N–H and O–H groups in total. The second-order valence-electron chi connectivity index (χ2n) is 27.5. The van der Waals surface area contributed by atoms with Gasteiger partial charge in [0.25, 0.3) is 6.71 Å². The summed E-state index contributed by atoms with van der Waals surface area (Å²) < 4.78 is 0. The Balaban J connectivity index is 1.11. The van der Waals surface area contributed by atoms with Gasteiger partial charge in [-0.15, -0.1) is 0 Å². The monoisotopic (exact) mass is 994 g/mol. The van der Waals surface area contributed by atoms with Crippen molar-refractivity contribution in [3.05, 3.63) is 197 Å². The van der Waals surface area contributed by atoms with Gasteiger partial charge < -0.3 is 14.7 Å². The Labute approximate surface area is 455 Å². The summed E-state index contributed by atoms with van der Waals surface area (Å²) in [5, 5.41) is 0. The molecule has 3 nitrogen and oxygen atoms in total. The number of hydrogen-bond acceptors (Lipinski definition) is 3. The molecule has 4 heteroatoms. The Morgan fingerprint density at radius 1 is 0.421 bits per heavy atom. The lowest BCUT2D eigenvalue weighted by Gasteiger charge is -2.50. The minimum atomic E-state index is -0.100. The summed E-state index contributed by atoms with van der Waals surface area (Å²) in [4.78, 5) is 8.11. The number of nitrogens with zero attached hydrogens (tertiary/aromatic N) is 3. The van der Waals surface area contributed by atoms with Crippen molar-refractivity contribution in [3.63, 3.8) is 0 Å². The minimum Gasteiger partial charge on any atom is -0.334 e. The molecule has 2 atom stereocenters. The quantitative estimate of drug-likeness (QED) is 0.163. The van der Waals surface area contributed by atoms with Crippen LogP contribution in [0.1, 0.15) is 155 Å². The molecule has 2 aliphatic carbocycles. The number of benzene rings is 8. The second-order valence-corrected chi connectivity index (χ2v) is 27.5. The molecule has 1 fully saturated rings. The normalized spacial score (nSPS) is 19.9. The van der Waals surface area contributed by atoms with Gasteiger partial charge in [-0.2, -0.15) is 0 Å².